The molecule has 1 rings (SSSR count). The molecular formula is C13H28N2. The van der Waals surface area contributed by atoms with E-state index in [2.05, 4.69) is 37.9 Å². The fourth-order valence-electron chi connectivity index (χ4n) is 2.22. The van der Waals surface area contributed by atoms with E-state index in [9.17, 15) is 0 Å². The highest BCUT2D eigenvalue weighted by Gasteiger charge is 2.18. The Labute approximate surface area is 95.4 Å². The summed E-state index contributed by atoms with van der Waals surface area (Å²) in [6.45, 7) is 13.0. The van der Waals surface area contributed by atoms with Crippen LogP contribution in [0.4, 0.5) is 0 Å². The monoisotopic (exact) mass is 212 g/mol. The Hall–Kier alpha value is -0.0800. The van der Waals surface area contributed by atoms with Crippen molar-refractivity contribution in [2.45, 2.75) is 59.0 Å². The molecule has 1 saturated heterocycles. The van der Waals surface area contributed by atoms with Crippen LogP contribution >= 0.6 is 0 Å². The van der Waals surface area contributed by atoms with E-state index in [1.165, 1.54) is 32.4 Å². The zero-order chi connectivity index (χ0) is 11.3. The average molecular weight is 212 g/mol. The summed E-state index contributed by atoms with van der Waals surface area (Å²) >= 11 is 0. The van der Waals surface area contributed by atoms with Crippen LogP contribution in [-0.2, 0) is 0 Å². The summed E-state index contributed by atoms with van der Waals surface area (Å²) in [7, 11) is 0. The van der Waals surface area contributed by atoms with Crippen LogP contribution in [0, 0.1) is 5.92 Å². The van der Waals surface area contributed by atoms with E-state index in [1.54, 1.807) is 0 Å². The number of likely N-dealkylation sites (tertiary alicyclic amines) is 1. The van der Waals surface area contributed by atoms with Crippen molar-refractivity contribution >= 4 is 0 Å². The summed E-state index contributed by atoms with van der Waals surface area (Å²) in [6.07, 6.45) is 4.06. The third-order valence-electron chi connectivity index (χ3n) is 4.00. The Morgan fingerprint density at radius 1 is 1.13 bits per heavy atom. The Bertz CT molecular complexity index is 164. The lowest BCUT2D eigenvalue weighted by atomic mass is 10.0. The van der Waals surface area contributed by atoms with Gasteiger partial charge in [-0.05, 0) is 45.7 Å². The number of rotatable bonds is 6. The Balaban J connectivity index is 2.17. The van der Waals surface area contributed by atoms with Crippen LogP contribution in [0.15, 0.2) is 0 Å². The van der Waals surface area contributed by atoms with Crippen molar-refractivity contribution in [1.29, 1.82) is 0 Å². The molecule has 0 aromatic rings. The van der Waals surface area contributed by atoms with Gasteiger partial charge in [-0.25, -0.2) is 0 Å². The Morgan fingerprint density at radius 2 is 1.73 bits per heavy atom. The molecule has 1 aliphatic heterocycles. The van der Waals surface area contributed by atoms with E-state index >= 15 is 0 Å². The van der Waals surface area contributed by atoms with Crippen LogP contribution < -0.4 is 5.32 Å². The quantitative estimate of drug-likeness (QED) is 0.728. The van der Waals surface area contributed by atoms with E-state index in [0.29, 0.717) is 12.1 Å². The molecule has 0 amide bonds. The molecule has 1 N–H and O–H groups in total. The van der Waals surface area contributed by atoms with Crippen LogP contribution in [0.5, 0.6) is 0 Å². The van der Waals surface area contributed by atoms with E-state index in [4.69, 9.17) is 0 Å². The predicted octanol–water partition coefficient (Wildman–Crippen LogP) is 2.49. The maximum atomic E-state index is 3.67. The summed E-state index contributed by atoms with van der Waals surface area (Å²) in [6, 6.07) is 1.36. The summed E-state index contributed by atoms with van der Waals surface area (Å²) in [4.78, 5) is 2.61. The molecule has 15 heavy (non-hydrogen) atoms. The highest BCUT2D eigenvalue weighted by molar-refractivity contribution is 4.77. The van der Waals surface area contributed by atoms with Crippen LogP contribution in [0.2, 0.25) is 0 Å². The predicted molar refractivity (Wildman–Crippen MR) is 67.2 cm³/mol. The minimum atomic E-state index is 0.653. The van der Waals surface area contributed by atoms with Crippen molar-refractivity contribution in [3.63, 3.8) is 0 Å². The second-order valence-electron chi connectivity index (χ2n) is 5.17. The minimum absolute atomic E-state index is 0.653. The fraction of sp³-hybridized carbons (Fsp3) is 1.00. The molecular weight excluding hydrogens is 184 g/mol. The van der Waals surface area contributed by atoms with Crippen molar-refractivity contribution in [1.82, 2.24) is 10.2 Å². The molecule has 2 heteroatoms. The molecule has 0 aromatic heterocycles. The maximum Gasteiger partial charge on any atom is 0.0192 e. The number of nitrogens with zero attached hydrogens (tertiary/aromatic N) is 1. The first-order valence-corrected chi connectivity index (χ1v) is 6.62. The molecule has 2 nitrogen and oxygen atoms in total. The van der Waals surface area contributed by atoms with Gasteiger partial charge in [0.15, 0.2) is 0 Å². The van der Waals surface area contributed by atoms with Gasteiger partial charge in [-0.3, -0.25) is 4.90 Å². The lowest BCUT2D eigenvalue weighted by Crippen LogP contribution is -2.43. The summed E-state index contributed by atoms with van der Waals surface area (Å²) < 4.78 is 0. The number of nitrogens with one attached hydrogen (secondary N) is 1. The standard InChI is InChI=1S/C13H28N2/c1-5-11(2)13(4)14-10-12(3)15-8-6-7-9-15/h11-14H,5-10H2,1-4H3. The molecule has 0 saturated carbocycles. The largest absolute Gasteiger partial charge is 0.312 e. The Kier molecular flexibility index (Phi) is 5.62. The molecule has 90 valence electrons. The van der Waals surface area contributed by atoms with Gasteiger partial charge in [-0.15, -0.1) is 0 Å². The molecule has 0 aliphatic carbocycles. The zero-order valence-corrected chi connectivity index (χ0v) is 10.9. The van der Waals surface area contributed by atoms with E-state index in [-0.39, 0.29) is 0 Å². The average Bonchev–Trinajstić information content (AvgIpc) is 2.77. The summed E-state index contributed by atoms with van der Waals surface area (Å²) in [5, 5.41) is 3.67. The second kappa shape index (κ2) is 6.49. The van der Waals surface area contributed by atoms with Gasteiger partial charge >= 0.3 is 0 Å². The maximum absolute atomic E-state index is 3.67. The van der Waals surface area contributed by atoms with Crippen molar-refractivity contribution < 1.29 is 0 Å². The van der Waals surface area contributed by atoms with Crippen molar-refractivity contribution in [2.75, 3.05) is 19.6 Å². The van der Waals surface area contributed by atoms with E-state index < -0.39 is 0 Å². The molecule has 3 unspecified atom stereocenters. The SMILES string of the molecule is CCC(C)C(C)NCC(C)N1CCCC1. The highest BCUT2D eigenvalue weighted by atomic mass is 15.2. The fourth-order valence-corrected chi connectivity index (χ4v) is 2.22. The molecule has 0 spiro atoms. The van der Waals surface area contributed by atoms with Crippen molar-refractivity contribution in [2.24, 2.45) is 5.92 Å². The first-order chi connectivity index (χ1) is 7.15. The topological polar surface area (TPSA) is 15.3 Å². The summed E-state index contributed by atoms with van der Waals surface area (Å²) in [5.41, 5.74) is 0. The second-order valence-corrected chi connectivity index (χ2v) is 5.17. The smallest absolute Gasteiger partial charge is 0.0192 e. The van der Waals surface area contributed by atoms with Crippen LogP contribution in [-0.4, -0.2) is 36.6 Å². The molecule has 0 radical (unpaired) electrons. The van der Waals surface area contributed by atoms with Gasteiger partial charge in [0.2, 0.25) is 0 Å². The molecule has 1 heterocycles. The number of hydrogen-bond donors (Lipinski definition) is 1. The first-order valence-electron chi connectivity index (χ1n) is 6.62. The van der Waals surface area contributed by atoms with Crippen molar-refractivity contribution in [3.8, 4) is 0 Å². The van der Waals surface area contributed by atoms with E-state index in [1.807, 2.05) is 0 Å². The third kappa shape index (κ3) is 4.12. The normalized spacial score (nSPS) is 24.0. The summed E-state index contributed by atoms with van der Waals surface area (Å²) in [5.74, 6) is 0.788. The van der Waals surface area contributed by atoms with Gasteiger partial charge in [-0.2, -0.15) is 0 Å². The van der Waals surface area contributed by atoms with Gasteiger partial charge in [0.1, 0.15) is 0 Å². The molecule has 0 bridgehead atoms. The number of hydrogen-bond acceptors (Lipinski definition) is 2. The zero-order valence-electron chi connectivity index (χ0n) is 10.9. The molecule has 3 atom stereocenters. The minimum Gasteiger partial charge on any atom is -0.312 e. The highest BCUT2D eigenvalue weighted by Crippen LogP contribution is 2.12. The Morgan fingerprint density at radius 3 is 2.27 bits per heavy atom. The van der Waals surface area contributed by atoms with Crippen LogP contribution in [0.1, 0.15) is 47.0 Å². The lowest BCUT2D eigenvalue weighted by Gasteiger charge is -2.27. The van der Waals surface area contributed by atoms with Gasteiger partial charge in [0, 0.05) is 18.6 Å². The molecule has 1 fully saturated rings. The van der Waals surface area contributed by atoms with E-state index in [0.717, 1.165) is 12.5 Å². The molecule has 0 aromatic carbocycles. The lowest BCUT2D eigenvalue weighted by molar-refractivity contribution is 0.238. The van der Waals surface area contributed by atoms with Crippen molar-refractivity contribution in [3.05, 3.63) is 0 Å². The van der Waals surface area contributed by atoms with Gasteiger partial charge < -0.3 is 5.32 Å². The first kappa shape index (κ1) is 13.0. The van der Waals surface area contributed by atoms with Crippen LogP contribution in [0.3, 0.4) is 0 Å². The van der Waals surface area contributed by atoms with Gasteiger partial charge in [0.25, 0.3) is 0 Å². The van der Waals surface area contributed by atoms with Gasteiger partial charge in [-0.1, -0.05) is 20.3 Å². The molecule has 1 aliphatic rings. The third-order valence-corrected chi connectivity index (χ3v) is 4.00. The van der Waals surface area contributed by atoms with Gasteiger partial charge in [0.05, 0.1) is 0 Å². The van der Waals surface area contributed by atoms with Crippen LogP contribution in [0.25, 0.3) is 0 Å².